The van der Waals surface area contributed by atoms with Crippen LogP contribution in [0, 0.1) is 42.4 Å². The molecule has 0 aromatic carbocycles. The van der Waals surface area contributed by atoms with E-state index in [1.165, 1.54) is 0 Å². The van der Waals surface area contributed by atoms with E-state index in [-0.39, 0.29) is 29.6 Å². The maximum atomic E-state index is 7.89. The summed E-state index contributed by atoms with van der Waals surface area (Å²) in [6.45, 7) is 4.75. The predicted octanol–water partition coefficient (Wildman–Crippen LogP) is -3.23. The fourth-order valence-electron chi connectivity index (χ4n) is 0.0866. The summed E-state index contributed by atoms with van der Waals surface area (Å²) in [6.07, 6.45) is 0. The van der Waals surface area contributed by atoms with Crippen molar-refractivity contribution in [3.8, 4) is 14.8 Å². The smallest absolute Gasteiger partial charge is 0.512 e. The normalized spacial score (nSPS) is 3.50. The molecule has 0 amide bonds. The third-order valence-electron chi connectivity index (χ3n) is 0.387. The Balaban J connectivity index is -0.000000149. The Bertz CT molecular complexity index is 171. The van der Waals surface area contributed by atoms with E-state index in [1.807, 2.05) is 0 Å². The van der Waals surface area contributed by atoms with Gasteiger partial charge in [0.1, 0.15) is 0 Å². The minimum absolute atomic E-state index is 0. The fourth-order valence-corrected chi connectivity index (χ4v) is 0.260. The van der Waals surface area contributed by atoms with Crippen LogP contribution in [0.1, 0.15) is 0 Å². The van der Waals surface area contributed by atoms with Crippen molar-refractivity contribution in [1.29, 1.82) is 21.0 Å². The van der Waals surface area contributed by atoms with Gasteiger partial charge in [-0.2, -0.15) is 0 Å². The summed E-state index contributed by atoms with van der Waals surface area (Å²) in [6, 6.07) is 0. The van der Waals surface area contributed by atoms with Gasteiger partial charge in [-0.3, -0.25) is 0 Å². The van der Waals surface area contributed by atoms with Crippen LogP contribution in [-0.4, -0.2) is 14.1 Å². The maximum absolute atomic E-state index is 7.89. The zero-order valence-corrected chi connectivity index (χ0v) is 8.52. The van der Waals surface area contributed by atoms with Gasteiger partial charge in [-0.05, 0) is 14.8 Å². The van der Waals surface area contributed by atoms with Crippen LogP contribution < -0.4 is 29.6 Å². The molecule has 10 heavy (non-hydrogen) atoms. The van der Waals surface area contributed by atoms with Crippen LogP contribution in [0.4, 0.5) is 0 Å². The van der Waals surface area contributed by atoms with Gasteiger partial charge in [0.2, 0.25) is 0 Å². The molecule has 0 atom stereocenters. The second kappa shape index (κ2) is 15.8. The molecule has 0 radical (unpaired) electrons. The zero-order valence-electron chi connectivity index (χ0n) is 5.37. The Labute approximate surface area is 85.6 Å². The summed E-state index contributed by atoms with van der Waals surface area (Å²) >= 11 is -2.25. The van der Waals surface area contributed by atoms with Crippen molar-refractivity contribution in [2.45, 2.75) is 0 Å². The van der Waals surface area contributed by atoms with Gasteiger partial charge in [0, 0.05) is 0 Å². The van der Waals surface area contributed by atoms with Crippen molar-refractivity contribution in [2.24, 2.45) is 0 Å². The van der Waals surface area contributed by atoms with E-state index < -0.39 is 14.1 Å². The third kappa shape index (κ3) is 10.5. The number of nitrogens with zero attached hydrogens (tertiary/aromatic N) is 4. The van der Waals surface area contributed by atoms with Crippen LogP contribution in [0.3, 0.4) is 0 Å². The standard InChI is InChI=1S/4CN.Al.Na/c4*1-2;;/q;;;-1;;+1. The average molecular weight is 154 g/mol. The number of hydrogen-bond donors (Lipinski definition) is 0. The molecule has 0 saturated heterocycles. The minimum Gasteiger partial charge on any atom is -0.512 e. The Hall–Kier alpha value is -0.508. The van der Waals surface area contributed by atoms with Gasteiger partial charge < -0.3 is 11.8 Å². The summed E-state index contributed by atoms with van der Waals surface area (Å²) in [5.41, 5.74) is 0. The molecule has 0 aliphatic rings. The predicted molar refractivity (Wildman–Crippen MR) is 27.6 cm³/mol. The molecule has 0 fully saturated rings. The first kappa shape index (κ1) is 16.2. The van der Waals surface area contributed by atoms with Gasteiger partial charge in [0.15, 0.2) is 0 Å². The fraction of sp³-hybridized carbons (Fsp3) is 0. The maximum Gasteiger partial charge on any atom is 1.00 e. The topological polar surface area (TPSA) is 95.2 Å². The van der Waals surface area contributed by atoms with Gasteiger partial charge in [-0.15, -0.1) is 0 Å². The van der Waals surface area contributed by atoms with Crippen LogP contribution in [-0.2, 0) is 0 Å². The van der Waals surface area contributed by atoms with E-state index in [9.17, 15) is 0 Å². The Kier molecular flexibility index (Phi) is 25.7. The van der Waals surface area contributed by atoms with Crippen molar-refractivity contribution in [3.05, 3.63) is 6.57 Å². The van der Waals surface area contributed by atoms with Crippen molar-refractivity contribution in [1.82, 2.24) is 0 Å². The molecule has 0 spiro atoms. The largest absolute Gasteiger partial charge is 1.00 e. The average Bonchev–Trinajstić information content (AvgIpc) is 1.96. The summed E-state index contributed by atoms with van der Waals surface area (Å²) in [7, 11) is 0. The molecule has 40 valence electrons. The molecule has 0 aromatic heterocycles. The van der Waals surface area contributed by atoms with Crippen LogP contribution in [0.25, 0.3) is 0 Å². The van der Waals surface area contributed by atoms with E-state index in [2.05, 4.69) is 0 Å². The molecule has 0 bridgehead atoms. The monoisotopic (exact) mass is 154 g/mol. The Morgan fingerprint density at radius 1 is 0.900 bits per heavy atom. The molecule has 0 aromatic rings. The molecule has 0 saturated carbocycles. The summed E-state index contributed by atoms with van der Waals surface area (Å²) in [4.78, 5) is 4.85. The van der Waals surface area contributed by atoms with Crippen molar-refractivity contribution in [3.63, 3.8) is 0 Å². The van der Waals surface area contributed by atoms with Crippen molar-refractivity contribution < 1.29 is 29.6 Å². The van der Waals surface area contributed by atoms with E-state index in [1.54, 1.807) is 14.8 Å². The second-order valence-corrected chi connectivity index (χ2v) is 2.46. The molecule has 0 aliphatic carbocycles. The SMILES string of the molecule is N#[C][Al]([C]#N)[C]#N.[C-]#N.[Na+]. The molecular formula is C4AlN4Na. The van der Waals surface area contributed by atoms with E-state index >= 15 is 0 Å². The molecule has 0 rings (SSSR count). The van der Waals surface area contributed by atoms with Crippen LogP contribution in [0.5, 0.6) is 0 Å². The summed E-state index contributed by atoms with van der Waals surface area (Å²) in [5.74, 6) is 0. The Morgan fingerprint density at radius 3 is 1.10 bits per heavy atom. The molecule has 0 N–H and O–H groups in total. The van der Waals surface area contributed by atoms with Crippen molar-refractivity contribution in [2.75, 3.05) is 0 Å². The minimum atomic E-state index is -2.25. The van der Waals surface area contributed by atoms with Crippen LogP contribution in [0.15, 0.2) is 0 Å². The van der Waals surface area contributed by atoms with Gasteiger partial charge in [0.05, 0.1) is 0 Å². The zero-order chi connectivity index (χ0) is 7.70. The molecule has 0 aliphatic heterocycles. The van der Waals surface area contributed by atoms with Gasteiger partial charge in [-0.1, -0.05) is 0 Å². The Morgan fingerprint density at radius 2 is 1.10 bits per heavy atom. The number of hydrogen-bond acceptors (Lipinski definition) is 4. The summed E-state index contributed by atoms with van der Waals surface area (Å²) in [5, 5.41) is 29.9. The first-order valence-corrected chi connectivity index (χ1v) is 3.49. The van der Waals surface area contributed by atoms with E-state index in [4.69, 9.17) is 27.6 Å². The van der Waals surface area contributed by atoms with Crippen LogP contribution in [0.2, 0.25) is 0 Å². The number of nitriles is 3. The van der Waals surface area contributed by atoms with Gasteiger partial charge >= 0.3 is 43.7 Å². The quantitative estimate of drug-likeness (QED) is 0.270. The molecule has 6 heteroatoms. The van der Waals surface area contributed by atoms with E-state index in [0.29, 0.717) is 0 Å². The van der Waals surface area contributed by atoms with Gasteiger partial charge in [0.25, 0.3) is 0 Å². The first-order chi connectivity index (χ1) is 4.35. The van der Waals surface area contributed by atoms with Gasteiger partial charge in [-0.25, -0.2) is 15.8 Å². The van der Waals surface area contributed by atoms with Crippen LogP contribution >= 0.6 is 0 Å². The third-order valence-corrected chi connectivity index (χ3v) is 1.16. The molecular weight excluding hydrogens is 154 g/mol. The molecule has 0 heterocycles. The molecule has 0 unspecified atom stereocenters. The molecule has 4 nitrogen and oxygen atoms in total. The van der Waals surface area contributed by atoms with E-state index in [0.717, 1.165) is 0 Å². The first-order valence-electron chi connectivity index (χ1n) is 1.76. The summed E-state index contributed by atoms with van der Waals surface area (Å²) < 4.78 is 0. The second-order valence-electron chi connectivity index (χ2n) is 0.820. The number of rotatable bonds is 0. The van der Waals surface area contributed by atoms with Crippen molar-refractivity contribution >= 4 is 14.1 Å².